The number of benzene rings is 1. The molecule has 0 radical (unpaired) electrons. The summed E-state index contributed by atoms with van der Waals surface area (Å²) in [5.41, 5.74) is 1.42. The van der Waals surface area contributed by atoms with E-state index in [0.717, 1.165) is 24.2 Å². The van der Waals surface area contributed by atoms with Gasteiger partial charge in [0.25, 0.3) is 5.91 Å². The van der Waals surface area contributed by atoms with Crippen LogP contribution in [-0.4, -0.2) is 24.4 Å². The van der Waals surface area contributed by atoms with Crippen molar-refractivity contribution in [1.82, 2.24) is 0 Å². The lowest BCUT2D eigenvalue weighted by Gasteiger charge is -2.06. The fourth-order valence-corrected chi connectivity index (χ4v) is 3.63. The van der Waals surface area contributed by atoms with Gasteiger partial charge in [-0.2, -0.15) is 0 Å². The maximum atomic E-state index is 12.6. The monoisotopic (exact) mass is 372 g/mol. The Kier molecular flexibility index (Phi) is 5.37. The zero-order valence-corrected chi connectivity index (χ0v) is 15.4. The number of hydrogen-bond donors (Lipinski definition) is 2. The van der Waals surface area contributed by atoms with Gasteiger partial charge in [-0.15, -0.1) is 11.3 Å². The Hall–Kier alpha value is -2.67. The molecule has 136 valence electrons. The molecule has 0 spiro atoms. The number of nitrogens with one attached hydrogen (secondary N) is 2. The quantitative estimate of drug-likeness (QED) is 0.755. The Morgan fingerprint density at radius 3 is 2.46 bits per heavy atom. The number of esters is 1. The molecule has 0 unspecified atom stereocenters. The highest BCUT2D eigenvalue weighted by Crippen LogP contribution is 2.37. The minimum absolute atomic E-state index is 0.00551. The predicted molar refractivity (Wildman–Crippen MR) is 101 cm³/mol. The molecule has 1 fully saturated rings. The highest BCUT2D eigenvalue weighted by molar-refractivity contribution is 7.19. The zero-order valence-electron chi connectivity index (χ0n) is 14.6. The van der Waals surface area contributed by atoms with Crippen molar-refractivity contribution in [3.05, 3.63) is 46.3 Å². The number of para-hydroxylation sites is 1. The molecule has 26 heavy (non-hydrogen) atoms. The lowest BCUT2D eigenvalue weighted by molar-refractivity contribution is -0.117. The van der Waals surface area contributed by atoms with Crippen molar-refractivity contribution in [2.75, 3.05) is 17.2 Å². The van der Waals surface area contributed by atoms with Crippen molar-refractivity contribution in [3.63, 3.8) is 0 Å². The molecule has 2 aromatic rings. The van der Waals surface area contributed by atoms with E-state index in [1.807, 2.05) is 18.2 Å². The Balaban J connectivity index is 1.90. The first kappa shape index (κ1) is 18.1. The average Bonchev–Trinajstić information content (AvgIpc) is 3.41. The Labute approximate surface area is 155 Å². The van der Waals surface area contributed by atoms with Gasteiger partial charge in [0.1, 0.15) is 5.00 Å². The molecule has 1 aromatic heterocycles. The second-order valence-electron chi connectivity index (χ2n) is 6.06. The van der Waals surface area contributed by atoms with E-state index in [4.69, 9.17) is 4.74 Å². The fraction of sp³-hybridized carbons (Fsp3) is 0.316. The van der Waals surface area contributed by atoms with Crippen molar-refractivity contribution >= 4 is 39.8 Å². The number of carbonyl (C=O) groups excluding carboxylic acids is 3. The Bertz CT molecular complexity index is 841. The van der Waals surface area contributed by atoms with E-state index >= 15 is 0 Å². The van der Waals surface area contributed by atoms with Gasteiger partial charge in [-0.3, -0.25) is 9.59 Å². The van der Waals surface area contributed by atoms with Crippen molar-refractivity contribution < 1.29 is 19.1 Å². The third kappa shape index (κ3) is 3.94. The van der Waals surface area contributed by atoms with Crippen LogP contribution in [0.1, 0.15) is 45.4 Å². The van der Waals surface area contributed by atoms with E-state index < -0.39 is 5.97 Å². The molecule has 6 nitrogen and oxygen atoms in total. The summed E-state index contributed by atoms with van der Waals surface area (Å²) in [4.78, 5) is 37.5. The van der Waals surface area contributed by atoms with Crippen LogP contribution in [0, 0.1) is 12.8 Å². The minimum atomic E-state index is -0.536. The zero-order chi connectivity index (χ0) is 18.7. The van der Waals surface area contributed by atoms with Crippen LogP contribution in [0.2, 0.25) is 0 Å². The summed E-state index contributed by atoms with van der Waals surface area (Å²) in [6.07, 6.45) is 1.71. The van der Waals surface area contributed by atoms with E-state index in [2.05, 4.69) is 10.6 Å². The van der Waals surface area contributed by atoms with E-state index in [1.54, 1.807) is 26.0 Å². The summed E-state index contributed by atoms with van der Waals surface area (Å²) >= 11 is 1.10. The summed E-state index contributed by atoms with van der Waals surface area (Å²) in [6.45, 7) is 3.62. The topological polar surface area (TPSA) is 84.5 Å². The standard InChI is InChI=1S/C19H20N2O4S/c1-3-25-19(24)14-11(2)15(17(23)20-13-7-5-4-6-8-13)26-18(14)21-16(22)12-9-10-12/h4-8,12H,3,9-10H2,1-2H3,(H,20,23)(H,21,22). The number of thiophene rings is 1. The molecule has 0 bridgehead atoms. The number of anilines is 2. The molecule has 0 saturated heterocycles. The lowest BCUT2D eigenvalue weighted by atomic mass is 10.1. The van der Waals surface area contributed by atoms with Crippen LogP contribution >= 0.6 is 11.3 Å². The molecular weight excluding hydrogens is 352 g/mol. The van der Waals surface area contributed by atoms with Crippen molar-refractivity contribution in [1.29, 1.82) is 0 Å². The van der Waals surface area contributed by atoms with E-state index in [-0.39, 0.29) is 29.9 Å². The molecular formula is C19H20N2O4S. The van der Waals surface area contributed by atoms with Crippen LogP contribution in [0.25, 0.3) is 0 Å². The SMILES string of the molecule is CCOC(=O)c1c(NC(=O)C2CC2)sc(C(=O)Nc2ccccc2)c1C. The molecule has 3 rings (SSSR count). The van der Waals surface area contributed by atoms with Crippen LogP contribution in [0.15, 0.2) is 30.3 Å². The third-order valence-corrected chi connectivity index (χ3v) is 5.26. The first-order valence-electron chi connectivity index (χ1n) is 8.49. The first-order valence-corrected chi connectivity index (χ1v) is 9.30. The van der Waals surface area contributed by atoms with Crippen molar-refractivity contribution in [2.45, 2.75) is 26.7 Å². The van der Waals surface area contributed by atoms with Gasteiger partial charge in [0, 0.05) is 11.6 Å². The highest BCUT2D eigenvalue weighted by Gasteiger charge is 2.32. The van der Waals surface area contributed by atoms with Gasteiger partial charge in [0.05, 0.1) is 17.0 Å². The molecule has 1 aromatic carbocycles. The molecule has 1 heterocycles. The number of carbonyl (C=O) groups is 3. The third-order valence-electron chi connectivity index (χ3n) is 4.05. The summed E-state index contributed by atoms with van der Waals surface area (Å²) < 4.78 is 5.10. The minimum Gasteiger partial charge on any atom is -0.462 e. The van der Waals surface area contributed by atoms with Crippen LogP contribution in [-0.2, 0) is 9.53 Å². The summed E-state index contributed by atoms with van der Waals surface area (Å²) in [5, 5.41) is 5.97. The second-order valence-corrected chi connectivity index (χ2v) is 7.09. The summed E-state index contributed by atoms with van der Waals surface area (Å²) in [7, 11) is 0. The maximum absolute atomic E-state index is 12.6. The normalized spacial score (nSPS) is 13.2. The van der Waals surface area contributed by atoms with E-state index in [1.165, 1.54) is 0 Å². The second kappa shape index (κ2) is 7.70. The van der Waals surface area contributed by atoms with Crippen molar-refractivity contribution in [3.8, 4) is 0 Å². The highest BCUT2D eigenvalue weighted by atomic mass is 32.1. The largest absolute Gasteiger partial charge is 0.462 e. The molecule has 7 heteroatoms. The number of hydrogen-bond acceptors (Lipinski definition) is 5. The summed E-state index contributed by atoms with van der Waals surface area (Å²) in [6, 6.07) is 9.06. The average molecular weight is 372 g/mol. The molecule has 0 atom stereocenters. The molecule has 0 aliphatic heterocycles. The Morgan fingerprint density at radius 1 is 1.15 bits per heavy atom. The molecule has 2 N–H and O–H groups in total. The lowest BCUT2D eigenvalue weighted by Crippen LogP contribution is -2.16. The van der Waals surface area contributed by atoms with Gasteiger partial charge >= 0.3 is 5.97 Å². The van der Waals surface area contributed by atoms with Gasteiger partial charge in [0.15, 0.2) is 0 Å². The van der Waals surface area contributed by atoms with Gasteiger partial charge < -0.3 is 15.4 Å². The number of ether oxygens (including phenoxy) is 1. The van der Waals surface area contributed by atoms with Gasteiger partial charge in [-0.1, -0.05) is 18.2 Å². The Morgan fingerprint density at radius 2 is 1.85 bits per heavy atom. The fourth-order valence-electron chi connectivity index (χ4n) is 2.54. The van der Waals surface area contributed by atoms with Crippen LogP contribution in [0.3, 0.4) is 0 Å². The predicted octanol–water partition coefficient (Wildman–Crippen LogP) is 3.83. The molecule has 2 amide bonds. The van der Waals surface area contributed by atoms with Crippen LogP contribution in [0.5, 0.6) is 0 Å². The van der Waals surface area contributed by atoms with E-state index in [9.17, 15) is 14.4 Å². The number of rotatable bonds is 6. The number of amides is 2. The first-order chi connectivity index (χ1) is 12.5. The maximum Gasteiger partial charge on any atom is 0.341 e. The van der Waals surface area contributed by atoms with E-state index in [0.29, 0.717) is 21.1 Å². The van der Waals surface area contributed by atoms with Gasteiger partial charge in [-0.05, 0) is 44.4 Å². The van der Waals surface area contributed by atoms with Crippen LogP contribution in [0.4, 0.5) is 10.7 Å². The molecule has 1 saturated carbocycles. The van der Waals surface area contributed by atoms with Crippen molar-refractivity contribution in [2.24, 2.45) is 5.92 Å². The molecule has 1 aliphatic rings. The van der Waals surface area contributed by atoms with Crippen LogP contribution < -0.4 is 10.6 Å². The summed E-state index contributed by atoms with van der Waals surface area (Å²) in [5.74, 6) is -0.983. The van der Waals surface area contributed by atoms with Gasteiger partial charge in [0.2, 0.25) is 5.91 Å². The van der Waals surface area contributed by atoms with Gasteiger partial charge in [-0.25, -0.2) is 4.79 Å². The molecule has 1 aliphatic carbocycles. The smallest absolute Gasteiger partial charge is 0.341 e.